The highest BCUT2D eigenvalue weighted by atomic mass is 32.2. The van der Waals surface area contributed by atoms with Crippen molar-refractivity contribution >= 4 is 28.6 Å². The highest BCUT2D eigenvalue weighted by Crippen LogP contribution is 2.26. The maximum atomic E-state index is 13.7. The molecule has 1 heterocycles. The zero-order valence-corrected chi connectivity index (χ0v) is 21.0. The molecule has 1 N–H and O–H groups in total. The number of carbonyl (C=O) groups is 1. The third kappa shape index (κ3) is 5.23. The summed E-state index contributed by atoms with van der Waals surface area (Å²) in [4.78, 5) is 31.1. The third-order valence-electron chi connectivity index (χ3n) is 5.44. The number of carbonyl (C=O) groups excluding carboxylic acids is 1. The summed E-state index contributed by atoms with van der Waals surface area (Å²) < 4.78 is 1.69. The molecule has 0 aliphatic heterocycles. The molecule has 0 saturated carbocycles. The average Bonchev–Trinajstić information content (AvgIpc) is 2.76. The summed E-state index contributed by atoms with van der Waals surface area (Å²) in [5.41, 5.74) is 6.19. The lowest BCUT2D eigenvalue weighted by molar-refractivity contribution is 0.0943. The second kappa shape index (κ2) is 9.85. The van der Waals surface area contributed by atoms with Gasteiger partial charge in [0.25, 0.3) is 11.5 Å². The van der Waals surface area contributed by atoms with Gasteiger partial charge in [-0.1, -0.05) is 47.7 Å². The van der Waals surface area contributed by atoms with E-state index in [9.17, 15) is 9.59 Å². The number of hydrogen-bond donors (Lipinski definition) is 1. The number of aryl methyl sites for hydroxylation is 3. The van der Waals surface area contributed by atoms with Gasteiger partial charge in [-0.15, -0.1) is 0 Å². The molecule has 0 spiro atoms. The molecule has 4 aromatic rings. The lowest BCUT2D eigenvalue weighted by Crippen LogP contribution is -2.30. The summed E-state index contributed by atoms with van der Waals surface area (Å²) in [6, 6.07) is 19.5. The number of benzene rings is 3. The normalized spacial score (nSPS) is 11.2. The van der Waals surface area contributed by atoms with Crippen LogP contribution in [0, 0.1) is 20.8 Å². The van der Waals surface area contributed by atoms with E-state index < -0.39 is 0 Å². The molecular formula is C28H29N3O2S. The molecule has 34 heavy (non-hydrogen) atoms. The lowest BCUT2D eigenvalue weighted by atomic mass is 10.1. The summed E-state index contributed by atoms with van der Waals surface area (Å²) in [6.45, 7) is 9.95. The fourth-order valence-electron chi connectivity index (χ4n) is 4.01. The highest BCUT2D eigenvalue weighted by Gasteiger charge is 2.16. The molecule has 4 rings (SSSR count). The van der Waals surface area contributed by atoms with Crippen LogP contribution in [0.1, 0.15) is 46.5 Å². The SMILES string of the molecule is Cc1cccc(CSc2nc3cc(C(=O)NC(C)C)ccc3c(=O)n2-c2cc(C)cc(C)c2)c1. The molecule has 1 amide bonds. The number of aromatic nitrogens is 2. The number of nitrogens with zero attached hydrogens (tertiary/aromatic N) is 2. The Kier molecular flexibility index (Phi) is 6.89. The van der Waals surface area contributed by atoms with Crippen molar-refractivity contribution in [3.8, 4) is 5.69 Å². The molecular weight excluding hydrogens is 442 g/mol. The van der Waals surface area contributed by atoms with E-state index in [1.807, 2.05) is 45.9 Å². The van der Waals surface area contributed by atoms with Crippen molar-refractivity contribution in [1.29, 1.82) is 0 Å². The average molecular weight is 472 g/mol. The summed E-state index contributed by atoms with van der Waals surface area (Å²) in [5.74, 6) is 0.504. The Bertz CT molecular complexity index is 1420. The maximum absolute atomic E-state index is 13.7. The molecule has 0 radical (unpaired) electrons. The lowest BCUT2D eigenvalue weighted by Gasteiger charge is -2.15. The predicted octanol–water partition coefficient (Wildman–Crippen LogP) is 5.74. The fraction of sp³-hybridized carbons (Fsp3) is 0.250. The van der Waals surface area contributed by atoms with Gasteiger partial charge in [0.1, 0.15) is 0 Å². The van der Waals surface area contributed by atoms with E-state index in [1.165, 1.54) is 17.3 Å². The van der Waals surface area contributed by atoms with E-state index >= 15 is 0 Å². The molecule has 0 fully saturated rings. The molecule has 5 nitrogen and oxygen atoms in total. The second-order valence-corrected chi connectivity index (χ2v) is 9.96. The second-order valence-electron chi connectivity index (χ2n) is 9.02. The number of thioether (sulfide) groups is 1. The van der Waals surface area contributed by atoms with Crippen LogP contribution in [0.2, 0.25) is 0 Å². The van der Waals surface area contributed by atoms with E-state index in [-0.39, 0.29) is 17.5 Å². The van der Waals surface area contributed by atoms with Crippen molar-refractivity contribution in [2.24, 2.45) is 0 Å². The minimum absolute atomic E-state index is 0.0224. The third-order valence-corrected chi connectivity index (χ3v) is 6.45. The maximum Gasteiger partial charge on any atom is 0.266 e. The molecule has 0 aliphatic rings. The molecule has 6 heteroatoms. The first-order chi connectivity index (χ1) is 16.2. The van der Waals surface area contributed by atoms with Crippen molar-refractivity contribution in [3.63, 3.8) is 0 Å². The van der Waals surface area contributed by atoms with Crippen LogP contribution in [0.25, 0.3) is 16.6 Å². The van der Waals surface area contributed by atoms with Crippen molar-refractivity contribution < 1.29 is 4.79 Å². The largest absolute Gasteiger partial charge is 0.350 e. The van der Waals surface area contributed by atoms with Crippen molar-refractivity contribution in [2.45, 2.75) is 51.6 Å². The Labute approximate surface area is 204 Å². The van der Waals surface area contributed by atoms with Gasteiger partial charge in [0.05, 0.1) is 16.6 Å². The van der Waals surface area contributed by atoms with Gasteiger partial charge in [-0.25, -0.2) is 4.98 Å². The van der Waals surface area contributed by atoms with Crippen LogP contribution >= 0.6 is 11.8 Å². The molecule has 0 saturated heterocycles. The van der Waals surface area contributed by atoms with E-state index in [4.69, 9.17) is 4.98 Å². The predicted molar refractivity (Wildman–Crippen MR) is 140 cm³/mol. The zero-order valence-electron chi connectivity index (χ0n) is 20.2. The topological polar surface area (TPSA) is 64.0 Å². The van der Waals surface area contributed by atoms with E-state index in [1.54, 1.807) is 22.8 Å². The van der Waals surface area contributed by atoms with Crippen LogP contribution in [0.5, 0.6) is 0 Å². The van der Waals surface area contributed by atoms with Gasteiger partial charge < -0.3 is 5.32 Å². The smallest absolute Gasteiger partial charge is 0.266 e. The minimum atomic E-state index is -0.175. The minimum Gasteiger partial charge on any atom is -0.350 e. The Balaban J connectivity index is 1.86. The van der Waals surface area contributed by atoms with Crippen LogP contribution < -0.4 is 10.9 Å². The number of hydrogen-bond acceptors (Lipinski definition) is 4. The quantitative estimate of drug-likeness (QED) is 0.288. The molecule has 174 valence electrons. The Morgan fingerprint density at radius 1 is 0.971 bits per heavy atom. The molecule has 0 bridgehead atoms. The van der Waals surface area contributed by atoms with Crippen LogP contribution in [-0.4, -0.2) is 21.5 Å². The monoisotopic (exact) mass is 471 g/mol. The molecule has 0 unspecified atom stereocenters. The molecule has 1 aromatic heterocycles. The number of fused-ring (bicyclic) bond motifs is 1. The van der Waals surface area contributed by atoms with Crippen LogP contribution in [-0.2, 0) is 5.75 Å². The van der Waals surface area contributed by atoms with Gasteiger partial charge in [0.15, 0.2) is 5.16 Å². The van der Waals surface area contributed by atoms with Crippen LogP contribution in [0.4, 0.5) is 0 Å². The summed E-state index contributed by atoms with van der Waals surface area (Å²) >= 11 is 1.52. The fourth-order valence-corrected chi connectivity index (χ4v) is 4.96. The Hall–Kier alpha value is -3.38. The van der Waals surface area contributed by atoms with Gasteiger partial charge in [-0.05, 0) is 81.6 Å². The van der Waals surface area contributed by atoms with E-state index in [0.29, 0.717) is 27.4 Å². The van der Waals surface area contributed by atoms with Gasteiger partial charge in [0.2, 0.25) is 0 Å². The van der Waals surface area contributed by atoms with Gasteiger partial charge in [-0.2, -0.15) is 0 Å². The van der Waals surface area contributed by atoms with Crippen LogP contribution in [0.15, 0.2) is 70.6 Å². The highest BCUT2D eigenvalue weighted by molar-refractivity contribution is 7.98. The van der Waals surface area contributed by atoms with Crippen molar-refractivity contribution in [1.82, 2.24) is 14.9 Å². The first kappa shape index (κ1) is 23.8. The van der Waals surface area contributed by atoms with E-state index in [2.05, 4.69) is 36.5 Å². The standard InChI is InChI=1S/C28H29N3O2S/c1-17(2)29-26(32)22-9-10-24-25(15-22)30-28(34-16-21-8-6-7-18(3)12-21)31(27(24)33)23-13-19(4)11-20(5)14-23/h6-15,17H,16H2,1-5H3,(H,29,32). The van der Waals surface area contributed by atoms with Crippen LogP contribution in [0.3, 0.4) is 0 Å². The summed E-state index contributed by atoms with van der Waals surface area (Å²) in [7, 11) is 0. The molecule has 0 aliphatic carbocycles. The first-order valence-corrected chi connectivity index (χ1v) is 12.3. The zero-order chi connectivity index (χ0) is 24.4. The first-order valence-electron chi connectivity index (χ1n) is 11.4. The van der Waals surface area contributed by atoms with Gasteiger partial charge in [-0.3, -0.25) is 14.2 Å². The van der Waals surface area contributed by atoms with Crippen molar-refractivity contribution in [3.05, 3.63) is 98.8 Å². The molecule has 0 atom stereocenters. The van der Waals surface area contributed by atoms with Gasteiger partial charge >= 0.3 is 0 Å². The number of nitrogens with one attached hydrogen (secondary N) is 1. The van der Waals surface area contributed by atoms with Crippen molar-refractivity contribution in [2.75, 3.05) is 0 Å². The Morgan fingerprint density at radius 3 is 2.38 bits per heavy atom. The molecule has 3 aromatic carbocycles. The summed E-state index contributed by atoms with van der Waals surface area (Å²) in [5, 5.41) is 3.99. The van der Waals surface area contributed by atoms with Gasteiger partial charge in [0, 0.05) is 17.4 Å². The number of rotatable bonds is 6. The van der Waals surface area contributed by atoms with E-state index in [0.717, 1.165) is 22.4 Å². The summed E-state index contributed by atoms with van der Waals surface area (Å²) in [6.07, 6.45) is 0. The number of amides is 1. The Morgan fingerprint density at radius 2 is 1.71 bits per heavy atom.